The zero-order valence-electron chi connectivity index (χ0n) is 10.8. The van der Waals surface area contributed by atoms with E-state index in [1.54, 1.807) is 0 Å². The number of hydrogen-bond acceptors (Lipinski definition) is 2. The monoisotopic (exact) mass is 234 g/mol. The second kappa shape index (κ2) is 4.13. The first-order chi connectivity index (χ1) is 8.13. The van der Waals surface area contributed by atoms with Crippen molar-refractivity contribution in [3.05, 3.63) is 17.5 Å². The van der Waals surface area contributed by atoms with Gasteiger partial charge in [-0.15, -0.1) is 0 Å². The molecule has 0 aromatic carbocycles. The van der Waals surface area contributed by atoms with Crippen molar-refractivity contribution in [3.8, 4) is 0 Å². The van der Waals surface area contributed by atoms with E-state index in [9.17, 15) is 5.11 Å². The molecule has 1 heterocycles. The van der Waals surface area contributed by atoms with Gasteiger partial charge in [0.15, 0.2) is 0 Å². The quantitative estimate of drug-likeness (QED) is 0.873. The molecule has 0 amide bonds. The summed E-state index contributed by atoms with van der Waals surface area (Å²) >= 11 is 0. The van der Waals surface area contributed by atoms with Gasteiger partial charge in [0.25, 0.3) is 0 Å². The Hall–Kier alpha value is -0.830. The normalized spacial score (nSPS) is 33.2. The van der Waals surface area contributed by atoms with Gasteiger partial charge in [-0.1, -0.05) is 6.42 Å². The van der Waals surface area contributed by atoms with Gasteiger partial charge in [0.2, 0.25) is 0 Å². The molecule has 1 N–H and O–H groups in total. The Morgan fingerprint density at radius 1 is 1.47 bits per heavy atom. The van der Waals surface area contributed by atoms with Crippen LogP contribution >= 0.6 is 0 Å². The van der Waals surface area contributed by atoms with Gasteiger partial charge in [0.1, 0.15) is 0 Å². The summed E-state index contributed by atoms with van der Waals surface area (Å²) in [5.41, 5.74) is 1.97. The third-order valence-corrected chi connectivity index (χ3v) is 4.79. The van der Waals surface area contributed by atoms with Crippen molar-refractivity contribution >= 4 is 0 Å². The molecule has 4 atom stereocenters. The highest BCUT2D eigenvalue weighted by molar-refractivity contribution is 5.11. The van der Waals surface area contributed by atoms with Crippen LogP contribution in [-0.2, 0) is 7.05 Å². The Labute approximate surface area is 103 Å². The fourth-order valence-electron chi connectivity index (χ4n) is 4.02. The van der Waals surface area contributed by atoms with Gasteiger partial charge in [-0.3, -0.25) is 4.68 Å². The number of aliphatic hydroxyl groups excluding tert-OH is 1. The molecule has 17 heavy (non-hydrogen) atoms. The van der Waals surface area contributed by atoms with Crippen LogP contribution in [0.5, 0.6) is 0 Å². The molecule has 4 unspecified atom stereocenters. The van der Waals surface area contributed by atoms with Gasteiger partial charge in [-0.2, -0.15) is 5.10 Å². The Balaban J connectivity index is 1.67. The van der Waals surface area contributed by atoms with Crippen LogP contribution in [0, 0.1) is 24.7 Å². The minimum absolute atomic E-state index is 0.328. The Morgan fingerprint density at radius 3 is 2.82 bits per heavy atom. The SMILES string of the molecule is Cc1cc(C(O)CC2CC3CCC2C3)n(C)n1. The number of rotatable bonds is 3. The molecule has 0 radical (unpaired) electrons. The summed E-state index contributed by atoms with van der Waals surface area (Å²) in [5.74, 6) is 2.61. The molecule has 0 aliphatic heterocycles. The Kier molecular flexibility index (Phi) is 2.74. The van der Waals surface area contributed by atoms with Crippen LogP contribution in [0.4, 0.5) is 0 Å². The maximum Gasteiger partial charge on any atom is 0.0959 e. The lowest BCUT2D eigenvalue weighted by Gasteiger charge is -2.24. The first-order valence-corrected chi connectivity index (χ1v) is 6.82. The molecule has 3 rings (SSSR count). The Morgan fingerprint density at radius 2 is 2.29 bits per heavy atom. The molecule has 94 valence electrons. The number of nitrogens with zero attached hydrogens (tertiary/aromatic N) is 2. The summed E-state index contributed by atoms with van der Waals surface area (Å²) in [7, 11) is 1.92. The van der Waals surface area contributed by atoms with Crippen LogP contribution in [0.3, 0.4) is 0 Å². The van der Waals surface area contributed by atoms with Crippen molar-refractivity contribution in [2.45, 2.75) is 45.1 Å². The summed E-state index contributed by atoms with van der Waals surface area (Å²) in [6, 6.07) is 2.01. The molecule has 2 aliphatic rings. The van der Waals surface area contributed by atoms with E-state index in [-0.39, 0.29) is 6.10 Å². The van der Waals surface area contributed by atoms with E-state index < -0.39 is 0 Å². The van der Waals surface area contributed by atoms with Gasteiger partial charge in [0.05, 0.1) is 17.5 Å². The van der Waals surface area contributed by atoms with Gasteiger partial charge < -0.3 is 5.11 Å². The van der Waals surface area contributed by atoms with Crippen molar-refractivity contribution in [1.29, 1.82) is 0 Å². The first kappa shape index (κ1) is 11.3. The second-order valence-corrected chi connectivity index (χ2v) is 6.02. The highest BCUT2D eigenvalue weighted by Gasteiger charge is 2.40. The molecule has 1 aromatic rings. The van der Waals surface area contributed by atoms with Crippen LogP contribution in [0.25, 0.3) is 0 Å². The largest absolute Gasteiger partial charge is 0.387 e. The minimum atomic E-state index is -0.328. The third kappa shape index (κ3) is 2.01. The number of aromatic nitrogens is 2. The third-order valence-electron chi connectivity index (χ3n) is 4.79. The fourth-order valence-corrected chi connectivity index (χ4v) is 4.02. The standard InChI is InChI=1S/C14H22N2O/c1-9-5-13(16(2)15-9)14(17)8-12-7-10-3-4-11(12)6-10/h5,10-12,14,17H,3-4,6-8H2,1-2H3. The Bertz CT molecular complexity index is 412. The molecule has 1 aromatic heterocycles. The topological polar surface area (TPSA) is 38.0 Å². The summed E-state index contributed by atoms with van der Waals surface area (Å²) in [4.78, 5) is 0. The molecule has 3 nitrogen and oxygen atoms in total. The van der Waals surface area contributed by atoms with Crippen LogP contribution in [0.2, 0.25) is 0 Å². The maximum absolute atomic E-state index is 10.3. The smallest absolute Gasteiger partial charge is 0.0959 e. The zero-order valence-corrected chi connectivity index (χ0v) is 10.8. The lowest BCUT2D eigenvalue weighted by Crippen LogP contribution is -2.16. The highest BCUT2D eigenvalue weighted by atomic mass is 16.3. The van der Waals surface area contributed by atoms with Gasteiger partial charge in [-0.05, 0) is 56.4 Å². The molecular weight excluding hydrogens is 212 g/mol. The van der Waals surface area contributed by atoms with Gasteiger partial charge in [-0.25, -0.2) is 0 Å². The number of aryl methyl sites for hydroxylation is 2. The van der Waals surface area contributed by atoms with Crippen molar-refractivity contribution in [3.63, 3.8) is 0 Å². The summed E-state index contributed by atoms with van der Waals surface area (Å²) in [6.07, 6.45) is 6.19. The second-order valence-electron chi connectivity index (χ2n) is 6.02. The minimum Gasteiger partial charge on any atom is -0.387 e. The van der Waals surface area contributed by atoms with Crippen molar-refractivity contribution < 1.29 is 5.11 Å². The first-order valence-electron chi connectivity index (χ1n) is 6.82. The van der Waals surface area contributed by atoms with E-state index in [4.69, 9.17) is 0 Å². The number of hydrogen-bond donors (Lipinski definition) is 1. The summed E-state index contributed by atoms with van der Waals surface area (Å²) in [6.45, 7) is 1.98. The lowest BCUT2D eigenvalue weighted by molar-refractivity contribution is 0.118. The average Bonchev–Trinajstić information content (AvgIpc) is 2.93. The number of fused-ring (bicyclic) bond motifs is 2. The zero-order chi connectivity index (χ0) is 12.0. The van der Waals surface area contributed by atoms with Crippen LogP contribution in [0.15, 0.2) is 6.07 Å². The summed E-state index contributed by atoms with van der Waals surface area (Å²) < 4.78 is 1.83. The molecule has 2 aliphatic carbocycles. The van der Waals surface area contributed by atoms with E-state index in [0.717, 1.165) is 35.6 Å². The van der Waals surface area contributed by atoms with E-state index in [1.807, 2.05) is 24.7 Å². The van der Waals surface area contributed by atoms with E-state index in [1.165, 1.54) is 25.7 Å². The molecule has 2 bridgehead atoms. The predicted molar refractivity (Wildman–Crippen MR) is 66.5 cm³/mol. The lowest BCUT2D eigenvalue weighted by atomic mass is 9.84. The van der Waals surface area contributed by atoms with Crippen molar-refractivity contribution in [1.82, 2.24) is 9.78 Å². The van der Waals surface area contributed by atoms with Crippen LogP contribution in [-0.4, -0.2) is 14.9 Å². The fraction of sp³-hybridized carbons (Fsp3) is 0.786. The number of aliphatic hydroxyl groups is 1. The van der Waals surface area contributed by atoms with Gasteiger partial charge >= 0.3 is 0 Å². The van der Waals surface area contributed by atoms with Crippen LogP contribution < -0.4 is 0 Å². The molecule has 3 heteroatoms. The molecule has 2 fully saturated rings. The van der Waals surface area contributed by atoms with Gasteiger partial charge in [0, 0.05) is 7.05 Å². The van der Waals surface area contributed by atoms with Crippen molar-refractivity contribution in [2.75, 3.05) is 0 Å². The predicted octanol–water partition coefficient (Wildman–Crippen LogP) is 2.59. The summed E-state index contributed by atoms with van der Waals surface area (Å²) in [5, 5.41) is 14.7. The van der Waals surface area contributed by atoms with Crippen molar-refractivity contribution in [2.24, 2.45) is 24.8 Å². The highest BCUT2D eigenvalue weighted by Crippen LogP contribution is 2.50. The van der Waals surface area contributed by atoms with E-state index >= 15 is 0 Å². The maximum atomic E-state index is 10.3. The van der Waals surface area contributed by atoms with Crippen LogP contribution in [0.1, 0.15) is 49.6 Å². The molecule has 2 saturated carbocycles. The molecular formula is C14H22N2O. The van der Waals surface area contributed by atoms with E-state index in [2.05, 4.69) is 5.10 Å². The molecule has 0 saturated heterocycles. The molecule has 0 spiro atoms. The average molecular weight is 234 g/mol. The van der Waals surface area contributed by atoms with E-state index in [0.29, 0.717) is 0 Å².